The van der Waals surface area contributed by atoms with Crippen LogP contribution in [0.1, 0.15) is 71.3 Å². The molecule has 0 saturated heterocycles. The van der Waals surface area contributed by atoms with Crippen molar-refractivity contribution in [3.8, 4) is 5.75 Å². The first-order valence-corrected chi connectivity index (χ1v) is 10.6. The van der Waals surface area contributed by atoms with Gasteiger partial charge in [-0.1, -0.05) is 71.4 Å². The summed E-state index contributed by atoms with van der Waals surface area (Å²) < 4.78 is 16.8. The lowest BCUT2D eigenvalue weighted by Crippen LogP contribution is -2.13. The molecule has 1 atom stereocenters. The molecule has 0 amide bonds. The molecule has 0 aliphatic heterocycles. The minimum Gasteiger partial charge on any atom is -0.491 e. The summed E-state index contributed by atoms with van der Waals surface area (Å²) in [5, 5.41) is 0. The molecule has 0 fully saturated rings. The zero-order valence-electron chi connectivity index (χ0n) is 17.3. The van der Waals surface area contributed by atoms with Crippen LogP contribution < -0.4 is 4.74 Å². The summed E-state index contributed by atoms with van der Waals surface area (Å²) in [5.74, 6) is 1.55. The maximum atomic E-state index is 5.73. The van der Waals surface area contributed by atoms with Gasteiger partial charge in [-0.2, -0.15) is 0 Å². The van der Waals surface area contributed by atoms with Gasteiger partial charge >= 0.3 is 0 Å². The Morgan fingerprint density at radius 2 is 1.42 bits per heavy atom. The molecule has 3 nitrogen and oxygen atoms in total. The largest absolute Gasteiger partial charge is 0.491 e. The average molecular weight is 365 g/mol. The molecule has 1 rings (SSSR count). The Morgan fingerprint density at radius 1 is 0.769 bits per heavy atom. The lowest BCUT2D eigenvalue weighted by molar-refractivity contribution is 0.0261. The second-order valence-corrected chi connectivity index (χ2v) is 7.21. The molecule has 1 aromatic rings. The molecule has 26 heavy (non-hydrogen) atoms. The number of benzene rings is 1. The SMILES string of the molecule is CCCCCCCCc1ccc(OCCOCCOCC(C)CC)cc1. The van der Waals surface area contributed by atoms with E-state index in [4.69, 9.17) is 14.2 Å². The Morgan fingerprint density at radius 3 is 2.15 bits per heavy atom. The Bertz CT molecular complexity index is 416. The smallest absolute Gasteiger partial charge is 0.119 e. The lowest BCUT2D eigenvalue weighted by atomic mass is 10.0. The number of unbranched alkanes of at least 4 members (excludes halogenated alkanes) is 5. The van der Waals surface area contributed by atoms with Gasteiger partial charge in [0.25, 0.3) is 0 Å². The quantitative estimate of drug-likeness (QED) is 0.315. The van der Waals surface area contributed by atoms with E-state index in [-0.39, 0.29) is 0 Å². The van der Waals surface area contributed by atoms with Crippen molar-refractivity contribution in [2.75, 3.05) is 33.0 Å². The van der Waals surface area contributed by atoms with Gasteiger partial charge in [0.05, 0.1) is 19.8 Å². The topological polar surface area (TPSA) is 27.7 Å². The van der Waals surface area contributed by atoms with E-state index in [9.17, 15) is 0 Å². The van der Waals surface area contributed by atoms with Gasteiger partial charge in [-0.25, -0.2) is 0 Å². The fourth-order valence-electron chi connectivity index (χ4n) is 2.70. The highest BCUT2D eigenvalue weighted by Crippen LogP contribution is 2.15. The standard InChI is InChI=1S/C23H40O3/c1-4-6-7-8-9-10-11-22-12-14-23(15-13-22)26-19-18-24-16-17-25-20-21(3)5-2/h12-15,21H,4-11,16-20H2,1-3H3. The van der Waals surface area contributed by atoms with Crippen LogP contribution in [0.25, 0.3) is 0 Å². The van der Waals surface area contributed by atoms with Crippen LogP contribution in [0.3, 0.4) is 0 Å². The van der Waals surface area contributed by atoms with Crippen molar-refractivity contribution < 1.29 is 14.2 Å². The maximum absolute atomic E-state index is 5.73. The minimum atomic E-state index is 0.585. The molecule has 0 bridgehead atoms. The molecule has 0 heterocycles. The van der Waals surface area contributed by atoms with Crippen molar-refractivity contribution in [1.29, 1.82) is 0 Å². The zero-order valence-corrected chi connectivity index (χ0v) is 17.3. The first kappa shape index (κ1) is 23.0. The van der Waals surface area contributed by atoms with Gasteiger partial charge in [0.1, 0.15) is 12.4 Å². The number of aryl methyl sites for hydroxylation is 1. The molecular formula is C23H40O3. The first-order valence-electron chi connectivity index (χ1n) is 10.6. The number of rotatable bonds is 17. The predicted octanol–water partition coefficient (Wildman–Crippen LogP) is 6.05. The highest BCUT2D eigenvalue weighted by Gasteiger charge is 1.99. The Kier molecular flexibility index (Phi) is 14.3. The van der Waals surface area contributed by atoms with Crippen LogP contribution in [0.15, 0.2) is 24.3 Å². The van der Waals surface area contributed by atoms with Gasteiger partial charge in [-0.3, -0.25) is 0 Å². The summed E-state index contributed by atoms with van der Waals surface area (Å²) >= 11 is 0. The van der Waals surface area contributed by atoms with Crippen molar-refractivity contribution in [2.45, 2.75) is 72.1 Å². The van der Waals surface area contributed by atoms with Crippen LogP contribution in [-0.4, -0.2) is 33.0 Å². The second kappa shape index (κ2) is 16.1. The van der Waals surface area contributed by atoms with Crippen molar-refractivity contribution >= 4 is 0 Å². The van der Waals surface area contributed by atoms with Crippen LogP contribution in [0.2, 0.25) is 0 Å². The van der Waals surface area contributed by atoms with Gasteiger partial charge in [-0.15, -0.1) is 0 Å². The van der Waals surface area contributed by atoms with E-state index in [0.29, 0.717) is 32.3 Å². The highest BCUT2D eigenvalue weighted by molar-refractivity contribution is 5.27. The normalized spacial score (nSPS) is 12.3. The summed E-state index contributed by atoms with van der Waals surface area (Å²) in [6, 6.07) is 8.51. The van der Waals surface area contributed by atoms with Gasteiger partial charge in [0, 0.05) is 6.61 Å². The molecule has 0 spiro atoms. The summed E-state index contributed by atoms with van der Waals surface area (Å²) in [5.41, 5.74) is 1.41. The van der Waals surface area contributed by atoms with Crippen LogP contribution in [0.5, 0.6) is 5.75 Å². The van der Waals surface area contributed by atoms with Crippen LogP contribution in [-0.2, 0) is 15.9 Å². The van der Waals surface area contributed by atoms with E-state index >= 15 is 0 Å². The Hall–Kier alpha value is -1.06. The summed E-state index contributed by atoms with van der Waals surface area (Å²) in [6.45, 7) is 9.96. The third-order valence-electron chi connectivity index (χ3n) is 4.71. The van der Waals surface area contributed by atoms with E-state index < -0.39 is 0 Å². The molecule has 0 saturated carbocycles. The Balaban J connectivity index is 1.99. The summed E-state index contributed by atoms with van der Waals surface area (Å²) in [6.07, 6.45) is 10.4. The van der Waals surface area contributed by atoms with Crippen molar-refractivity contribution in [3.63, 3.8) is 0 Å². The summed E-state index contributed by atoms with van der Waals surface area (Å²) in [4.78, 5) is 0. The number of hydrogen-bond donors (Lipinski definition) is 0. The van der Waals surface area contributed by atoms with Crippen LogP contribution in [0.4, 0.5) is 0 Å². The highest BCUT2D eigenvalue weighted by atomic mass is 16.5. The minimum absolute atomic E-state index is 0.585. The van der Waals surface area contributed by atoms with Crippen molar-refractivity contribution in [3.05, 3.63) is 29.8 Å². The molecule has 0 aliphatic rings. The second-order valence-electron chi connectivity index (χ2n) is 7.21. The van der Waals surface area contributed by atoms with Crippen LogP contribution in [0, 0.1) is 5.92 Å². The monoisotopic (exact) mass is 364 g/mol. The third kappa shape index (κ3) is 12.3. The van der Waals surface area contributed by atoms with Crippen molar-refractivity contribution in [1.82, 2.24) is 0 Å². The van der Waals surface area contributed by atoms with Gasteiger partial charge in [-0.05, 0) is 36.5 Å². The summed E-state index contributed by atoms with van der Waals surface area (Å²) in [7, 11) is 0. The number of ether oxygens (including phenoxy) is 3. The van der Waals surface area contributed by atoms with E-state index in [1.54, 1.807) is 0 Å². The van der Waals surface area contributed by atoms with E-state index in [1.165, 1.54) is 50.5 Å². The molecule has 0 radical (unpaired) electrons. The van der Waals surface area contributed by atoms with E-state index in [1.807, 2.05) is 0 Å². The third-order valence-corrected chi connectivity index (χ3v) is 4.71. The molecule has 1 aromatic carbocycles. The lowest BCUT2D eigenvalue weighted by Gasteiger charge is -2.10. The van der Waals surface area contributed by atoms with Crippen LogP contribution >= 0.6 is 0 Å². The maximum Gasteiger partial charge on any atom is 0.119 e. The van der Waals surface area contributed by atoms with Gasteiger partial charge in [0.2, 0.25) is 0 Å². The fraction of sp³-hybridized carbons (Fsp3) is 0.739. The fourth-order valence-corrected chi connectivity index (χ4v) is 2.70. The molecule has 1 unspecified atom stereocenters. The van der Waals surface area contributed by atoms with Gasteiger partial charge < -0.3 is 14.2 Å². The molecule has 3 heteroatoms. The molecule has 150 valence electrons. The predicted molar refractivity (Wildman–Crippen MR) is 110 cm³/mol. The van der Waals surface area contributed by atoms with Crippen molar-refractivity contribution in [2.24, 2.45) is 5.92 Å². The Labute approximate surface area is 161 Å². The van der Waals surface area contributed by atoms with Gasteiger partial charge in [0.15, 0.2) is 0 Å². The molecule has 0 N–H and O–H groups in total. The van der Waals surface area contributed by atoms with E-state index in [2.05, 4.69) is 45.0 Å². The molecular weight excluding hydrogens is 324 g/mol. The zero-order chi connectivity index (χ0) is 18.9. The van der Waals surface area contributed by atoms with E-state index in [0.717, 1.165) is 18.8 Å². The first-order chi connectivity index (χ1) is 12.8. The average Bonchev–Trinajstić information content (AvgIpc) is 2.67. The number of hydrogen-bond acceptors (Lipinski definition) is 3. The molecule has 0 aromatic heterocycles. The molecule has 0 aliphatic carbocycles.